The Morgan fingerprint density at radius 3 is 1.05 bits per heavy atom. The van der Waals surface area contributed by atoms with Crippen LogP contribution in [0.5, 0.6) is 0 Å². The second kappa shape index (κ2) is 11.6. The van der Waals surface area contributed by atoms with Gasteiger partial charge in [-0.15, -0.1) is 0 Å². The van der Waals surface area contributed by atoms with Gasteiger partial charge in [-0.2, -0.15) is 0 Å². The van der Waals surface area contributed by atoms with Crippen LogP contribution in [0.4, 0.5) is 0 Å². The van der Waals surface area contributed by atoms with Crippen LogP contribution in [-0.4, -0.2) is 62.7 Å². The van der Waals surface area contributed by atoms with Crippen LogP contribution in [0.1, 0.15) is 41.5 Å². The van der Waals surface area contributed by atoms with Gasteiger partial charge in [-0.05, 0) is 41.5 Å². The van der Waals surface area contributed by atoms with Gasteiger partial charge in [0, 0.05) is 19.6 Å². The van der Waals surface area contributed by atoms with Gasteiger partial charge in [0.1, 0.15) is 0 Å². The first-order valence-corrected chi connectivity index (χ1v) is 7.49. The Morgan fingerprint density at radius 1 is 0.579 bits per heavy atom. The minimum absolute atomic E-state index is 0.292. The van der Waals surface area contributed by atoms with Gasteiger partial charge in [-0.3, -0.25) is 4.90 Å². The Bertz CT molecular complexity index is 163. The average Bonchev–Trinajstić information content (AvgIpc) is 2.26. The molecule has 0 saturated heterocycles. The first kappa shape index (κ1) is 18.8. The molecule has 0 aliphatic heterocycles. The Morgan fingerprint density at radius 2 is 0.842 bits per heavy atom. The molecule has 0 bridgehead atoms. The van der Waals surface area contributed by atoms with Crippen LogP contribution in [0.15, 0.2) is 0 Å². The van der Waals surface area contributed by atoms with Crippen molar-refractivity contribution in [2.75, 3.05) is 39.5 Å². The van der Waals surface area contributed by atoms with Gasteiger partial charge in [0.25, 0.3) is 0 Å². The molecule has 0 heterocycles. The van der Waals surface area contributed by atoms with Crippen molar-refractivity contribution < 1.29 is 14.2 Å². The topological polar surface area (TPSA) is 30.9 Å². The molecule has 0 radical (unpaired) electrons. The molecule has 0 aromatic carbocycles. The van der Waals surface area contributed by atoms with E-state index < -0.39 is 0 Å². The van der Waals surface area contributed by atoms with Gasteiger partial charge in [-0.25, -0.2) is 0 Å². The van der Waals surface area contributed by atoms with Crippen molar-refractivity contribution in [3.63, 3.8) is 0 Å². The van der Waals surface area contributed by atoms with Crippen LogP contribution >= 0.6 is 0 Å². The van der Waals surface area contributed by atoms with Crippen molar-refractivity contribution >= 4 is 0 Å². The summed E-state index contributed by atoms with van der Waals surface area (Å²) in [4.78, 5) is 2.34. The fourth-order valence-corrected chi connectivity index (χ4v) is 1.59. The second-order valence-electron chi connectivity index (χ2n) is 5.60. The van der Waals surface area contributed by atoms with E-state index in [-0.39, 0.29) is 0 Å². The minimum Gasteiger partial charge on any atom is -0.377 e. The molecule has 0 aliphatic carbocycles. The number of ether oxygens (including phenoxy) is 3. The van der Waals surface area contributed by atoms with Crippen LogP contribution in [-0.2, 0) is 14.2 Å². The Labute approximate surface area is 119 Å². The summed E-state index contributed by atoms with van der Waals surface area (Å²) in [6.45, 7) is 17.5. The monoisotopic (exact) mass is 275 g/mol. The molecule has 0 unspecified atom stereocenters. The second-order valence-corrected chi connectivity index (χ2v) is 5.60. The van der Waals surface area contributed by atoms with E-state index in [1.807, 2.05) is 0 Å². The van der Waals surface area contributed by atoms with Gasteiger partial charge in [0.2, 0.25) is 0 Å². The summed E-state index contributed by atoms with van der Waals surface area (Å²) in [5.41, 5.74) is 0. The molecule has 0 spiro atoms. The van der Waals surface area contributed by atoms with Crippen molar-refractivity contribution in [2.45, 2.75) is 59.9 Å². The molecule has 0 rings (SSSR count). The molecule has 19 heavy (non-hydrogen) atoms. The Kier molecular flexibility index (Phi) is 11.6. The van der Waals surface area contributed by atoms with Gasteiger partial charge >= 0.3 is 0 Å². The van der Waals surface area contributed by atoms with E-state index in [1.54, 1.807) is 0 Å². The van der Waals surface area contributed by atoms with Crippen LogP contribution in [0.25, 0.3) is 0 Å². The van der Waals surface area contributed by atoms with E-state index in [2.05, 4.69) is 46.4 Å². The summed E-state index contributed by atoms with van der Waals surface area (Å²) in [5, 5.41) is 0. The first-order valence-electron chi connectivity index (χ1n) is 7.49. The highest BCUT2D eigenvalue weighted by Gasteiger charge is 2.07. The SMILES string of the molecule is CC(C)OCCN(CCOC(C)C)CCOC(C)C. The lowest BCUT2D eigenvalue weighted by atomic mass is 10.4. The summed E-state index contributed by atoms with van der Waals surface area (Å²) in [6, 6.07) is 0. The molecule has 0 aromatic heterocycles. The predicted molar refractivity (Wildman–Crippen MR) is 79.7 cm³/mol. The smallest absolute Gasteiger partial charge is 0.0596 e. The standard InChI is InChI=1S/C15H33NO3/c1-13(2)17-10-7-16(8-11-18-14(3)4)9-12-19-15(5)6/h13-15H,7-12H2,1-6H3. The summed E-state index contributed by atoms with van der Waals surface area (Å²) in [6.07, 6.45) is 0.877. The fourth-order valence-electron chi connectivity index (χ4n) is 1.59. The third-order valence-electron chi connectivity index (χ3n) is 2.58. The van der Waals surface area contributed by atoms with Crippen LogP contribution in [0.3, 0.4) is 0 Å². The van der Waals surface area contributed by atoms with E-state index in [9.17, 15) is 0 Å². The molecule has 0 aromatic rings. The van der Waals surface area contributed by atoms with Crippen LogP contribution in [0, 0.1) is 0 Å². The van der Waals surface area contributed by atoms with Gasteiger partial charge in [-0.1, -0.05) is 0 Å². The van der Waals surface area contributed by atoms with E-state index in [0.717, 1.165) is 39.5 Å². The molecule has 0 atom stereocenters. The number of hydrogen-bond acceptors (Lipinski definition) is 4. The Balaban J connectivity index is 3.85. The summed E-state index contributed by atoms with van der Waals surface area (Å²) in [7, 11) is 0. The summed E-state index contributed by atoms with van der Waals surface area (Å²) >= 11 is 0. The van der Waals surface area contributed by atoms with Gasteiger partial charge in [0.05, 0.1) is 38.1 Å². The summed E-state index contributed by atoms with van der Waals surface area (Å²) < 4.78 is 16.8. The summed E-state index contributed by atoms with van der Waals surface area (Å²) in [5.74, 6) is 0. The lowest BCUT2D eigenvalue weighted by molar-refractivity contribution is 0.0156. The molecule has 0 saturated carbocycles. The quantitative estimate of drug-likeness (QED) is 0.548. The highest BCUT2D eigenvalue weighted by molar-refractivity contribution is 4.58. The van der Waals surface area contributed by atoms with E-state index in [0.29, 0.717) is 18.3 Å². The maximum atomic E-state index is 5.60. The van der Waals surface area contributed by atoms with Crippen molar-refractivity contribution in [1.82, 2.24) is 4.90 Å². The lowest BCUT2D eigenvalue weighted by Crippen LogP contribution is -2.35. The first-order chi connectivity index (χ1) is 8.91. The number of hydrogen-bond donors (Lipinski definition) is 0. The molecule has 0 N–H and O–H groups in total. The van der Waals surface area contributed by atoms with E-state index >= 15 is 0 Å². The zero-order valence-electron chi connectivity index (χ0n) is 13.6. The maximum absolute atomic E-state index is 5.60. The molecule has 4 heteroatoms. The van der Waals surface area contributed by atoms with Crippen LogP contribution in [0.2, 0.25) is 0 Å². The predicted octanol–water partition coefficient (Wildman–Crippen LogP) is 2.56. The average molecular weight is 275 g/mol. The highest BCUT2D eigenvalue weighted by atomic mass is 16.5. The molecule has 116 valence electrons. The third kappa shape index (κ3) is 14.1. The maximum Gasteiger partial charge on any atom is 0.0596 e. The number of nitrogens with zero attached hydrogens (tertiary/aromatic N) is 1. The lowest BCUT2D eigenvalue weighted by Gasteiger charge is -2.23. The molecule has 4 nitrogen and oxygen atoms in total. The van der Waals surface area contributed by atoms with Crippen molar-refractivity contribution in [2.24, 2.45) is 0 Å². The van der Waals surface area contributed by atoms with Gasteiger partial charge in [0.15, 0.2) is 0 Å². The van der Waals surface area contributed by atoms with E-state index in [4.69, 9.17) is 14.2 Å². The molecular formula is C15H33NO3. The zero-order chi connectivity index (χ0) is 14.7. The van der Waals surface area contributed by atoms with Crippen LogP contribution < -0.4 is 0 Å². The molecular weight excluding hydrogens is 242 g/mol. The molecule has 0 fully saturated rings. The minimum atomic E-state index is 0.292. The highest BCUT2D eigenvalue weighted by Crippen LogP contribution is 1.96. The third-order valence-corrected chi connectivity index (χ3v) is 2.58. The number of rotatable bonds is 12. The van der Waals surface area contributed by atoms with E-state index in [1.165, 1.54) is 0 Å². The normalized spacial score (nSPS) is 12.3. The van der Waals surface area contributed by atoms with Crippen molar-refractivity contribution in [3.05, 3.63) is 0 Å². The molecule has 0 amide bonds. The fraction of sp³-hybridized carbons (Fsp3) is 1.00. The van der Waals surface area contributed by atoms with Crippen molar-refractivity contribution in [3.8, 4) is 0 Å². The molecule has 0 aliphatic rings. The van der Waals surface area contributed by atoms with Crippen molar-refractivity contribution in [1.29, 1.82) is 0 Å². The van der Waals surface area contributed by atoms with Gasteiger partial charge < -0.3 is 14.2 Å². The Hall–Kier alpha value is -0.160. The zero-order valence-corrected chi connectivity index (χ0v) is 13.6. The largest absolute Gasteiger partial charge is 0.377 e.